The van der Waals surface area contributed by atoms with Crippen molar-refractivity contribution in [3.05, 3.63) is 33.3 Å². The van der Waals surface area contributed by atoms with Crippen LogP contribution in [-0.4, -0.2) is 13.1 Å². The minimum absolute atomic E-state index is 0.487. The molecule has 0 amide bonds. The number of ether oxygens (including phenoxy) is 1. The molecule has 15 heavy (non-hydrogen) atoms. The summed E-state index contributed by atoms with van der Waals surface area (Å²) in [5.74, 6) is -0.745. The summed E-state index contributed by atoms with van der Waals surface area (Å²) < 4.78 is 5.76. The van der Waals surface area contributed by atoms with Gasteiger partial charge in [0.2, 0.25) is 0 Å². The van der Waals surface area contributed by atoms with Crippen LogP contribution in [0.3, 0.4) is 0 Å². The molecule has 0 aliphatic heterocycles. The normalized spacial score (nSPS) is 10.6. The SMILES string of the molecule is COc1c(Br)cc(Cl)cc1/C=C/C(=O)[O-]. The molecule has 1 aromatic rings. The molecule has 0 unspecified atom stereocenters. The largest absolute Gasteiger partial charge is 0.545 e. The van der Waals surface area contributed by atoms with E-state index in [-0.39, 0.29) is 0 Å². The number of hydrogen-bond donors (Lipinski definition) is 0. The van der Waals surface area contributed by atoms with E-state index in [0.29, 0.717) is 20.8 Å². The van der Waals surface area contributed by atoms with Crippen molar-refractivity contribution < 1.29 is 14.6 Å². The van der Waals surface area contributed by atoms with Crippen molar-refractivity contribution in [1.82, 2.24) is 0 Å². The van der Waals surface area contributed by atoms with Gasteiger partial charge in [-0.2, -0.15) is 0 Å². The minimum atomic E-state index is -1.27. The van der Waals surface area contributed by atoms with Crippen LogP contribution in [-0.2, 0) is 4.79 Å². The van der Waals surface area contributed by atoms with Crippen LogP contribution in [0, 0.1) is 0 Å². The fraction of sp³-hybridized carbons (Fsp3) is 0.100. The summed E-state index contributed by atoms with van der Waals surface area (Å²) >= 11 is 9.07. The van der Waals surface area contributed by atoms with Crippen LogP contribution < -0.4 is 9.84 Å². The van der Waals surface area contributed by atoms with E-state index in [1.165, 1.54) is 13.2 Å². The number of hydrogen-bond acceptors (Lipinski definition) is 3. The fourth-order valence-corrected chi connectivity index (χ4v) is 2.07. The molecule has 0 N–H and O–H groups in total. The smallest absolute Gasteiger partial charge is 0.140 e. The van der Waals surface area contributed by atoms with Crippen molar-refractivity contribution in [3.63, 3.8) is 0 Å². The van der Waals surface area contributed by atoms with E-state index in [1.54, 1.807) is 12.1 Å². The van der Waals surface area contributed by atoms with E-state index in [9.17, 15) is 9.90 Å². The highest BCUT2D eigenvalue weighted by atomic mass is 79.9. The zero-order chi connectivity index (χ0) is 11.4. The lowest BCUT2D eigenvalue weighted by molar-refractivity contribution is -0.297. The maximum Gasteiger partial charge on any atom is 0.140 e. The van der Waals surface area contributed by atoms with Crippen LogP contribution in [0.15, 0.2) is 22.7 Å². The van der Waals surface area contributed by atoms with Crippen molar-refractivity contribution in [2.45, 2.75) is 0 Å². The monoisotopic (exact) mass is 289 g/mol. The molecule has 0 radical (unpaired) electrons. The van der Waals surface area contributed by atoms with E-state index < -0.39 is 5.97 Å². The lowest BCUT2D eigenvalue weighted by Gasteiger charge is -2.08. The standard InChI is InChI=1S/C10H8BrClO3/c1-15-10-6(2-3-9(13)14)4-7(12)5-8(10)11/h2-5H,1H3,(H,13,14)/p-1/b3-2+. The number of halogens is 2. The highest BCUT2D eigenvalue weighted by Crippen LogP contribution is 2.33. The highest BCUT2D eigenvalue weighted by Gasteiger charge is 2.06. The fourth-order valence-electron chi connectivity index (χ4n) is 1.08. The molecule has 0 bridgehead atoms. The van der Waals surface area contributed by atoms with Gasteiger partial charge in [-0.15, -0.1) is 0 Å². The van der Waals surface area contributed by atoms with Gasteiger partial charge in [-0.3, -0.25) is 0 Å². The second-order valence-electron chi connectivity index (χ2n) is 2.66. The molecule has 0 heterocycles. The molecule has 0 spiro atoms. The quantitative estimate of drug-likeness (QED) is 0.799. The third kappa shape index (κ3) is 3.25. The summed E-state index contributed by atoms with van der Waals surface area (Å²) in [6.45, 7) is 0. The molecule has 1 aromatic carbocycles. The van der Waals surface area contributed by atoms with Crippen molar-refractivity contribution in [1.29, 1.82) is 0 Å². The van der Waals surface area contributed by atoms with Gasteiger partial charge < -0.3 is 14.6 Å². The maximum atomic E-state index is 10.3. The lowest BCUT2D eigenvalue weighted by atomic mass is 10.2. The molecule has 0 atom stereocenters. The Balaban J connectivity index is 3.20. The average molecular weight is 291 g/mol. The molecular weight excluding hydrogens is 283 g/mol. The summed E-state index contributed by atoms with van der Waals surface area (Å²) in [5.41, 5.74) is 0.570. The van der Waals surface area contributed by atoms with Gasteiger partial charge in [0, 0.05) is 10.6 Å². The zero-order valence-electron chi connectivity index (χ0n) is 7.79. The Bertz CT molecular complexity index is 415. The zero-order valence-corrected chi connectivity index (χ0v) is 10.1. The molecular formula is C10H7BrClO3-. The van der Waals surface area contributed by atoms with Gasteiger partial charge in [0.05, 0.1) is 17.6 Å². The third-order valence-electron chi connectivity index (χ3n) is 1.64. The number of benzene rings is 1. The van der Waals surface area contributed by atoms with Crippen molar-refractivity contribution >= 4 is 39.6 Å². The Kier molecular flexibility index (Phi) is 4.17. The van der Waals surface area contributed by atoms with Crippen LogP contribution in [0.1, 0.15) is 5.56 Å². The molecule has 0 fully saturated rings. The predicted molar refractivity (Wildman–Crippen MR) is 59.7 cm³/mol. The molecule has 3 nitrogen and oxygen atoms in total. The number of aliphatic carboxylic acids is 1. The number of carbonyl (C=O) groups is 1. The first-order valence-electron chi connectivity index (χ1n) is 3.96. The highest BCUT2D eigenvalue weighted by molar-refractivity contribution is 9.10. The molecule has 80 valence electrons. The Morgan fingerprint density at radius 3 is 2.80 bits per heavy atom. The van der Waals surface area contributed by atoms with E-state index in [2.05, 4.69) is 15.9 Å². The Morgan fingerprint density at radius 2 is 2.27 bits per heavy atom. The van der Waals surface area contributed by atoms with Gasteiger partial charge in [0.25, 0.3) is 0 Å². The van der Waals surface area contributed by atoms with Gasteiger partial charge in [0.1, 0.15) is 5.75 Å². The summed E-state index contributed by atoms with van der Waals surface area (Å²) in [5, 5.41) is 10.7. The van der Waals surface area contributed by atoms with E-state index >= 15 is 0 Å². The molecule has 0 saturated heterocycles. The average Bonchev–Trinajstić information content (AvgIpc) is 2.13. The van der Waals surface area contributed by atoms with E-state index in [0.717, 1.165) is 6.08 Å². The number of carboxylic acids is 1. The Morgan fingerprint density at radius 1 is 1.60 bits per heavy atom. The van der Waals surface area contributed by atoms with Crippen molar-refractivity contribution in [2.24, 2.45) is 0 Å². The van der Waals surface area contributed by atoms with Crippen LogP contribution >= 0.6 is 27.5 Å². The molecule has 0 saturated carbocycles. The third-order valence-corrected chi connectivity index (χ3v) is 2.45. The van der Waals surface area contributed by atoms with Gasteiger partial charge >= 0.3 is 0 Å². The summed E-state index contributed by atoms with van der Waals surface area (Å²) in [6, 6.07) is 3.27. The molecule has 0 aliphatic rings. The van der Waals surface area contributed by atoms with E-state index in [1.807, 2.05) is 0 Å². The first-order chi connectivity index (χ1) is 7.04. The molecule has 0 aromatic heterocycles. The van der Waals surface area contributed by atoms with Gasteiger partial charge in [-0.05, 0) is 40.2 Å². The van der Waals surface area contributed by atoms with Crippen LogP contribution in [0.5, 0.6) is 5.75 Å². The summed E-state index contributed by atoms with van der Waals surface area (Å²) in [6.07, 6.45) is 2.28. The number of rotatable bonds is 3. The maximum absolute atomic E-state index is 10.3. The van der Waals surface area contributed by atoms with Crippen molar-refractivity contribution in [3.8, 4) is 5.75 Å². The lowest BCUT2D eigenvalue weighted by Crippen LogP contribution is -2.18. The number of carbonyl (C=O) groups excluding carboxylic acids is 1. The predicted octanol–water partition coefficient (Wildman–Crippen LogP) is 1.87. The topological polar surface area (TPSA) is 49.4 Å². The molecule has 5 heteroatoms. The van der Waals surface area contributed by atoms with Crippen LogP contribution in [0.2, 0.25) is 5.02 Å². The molecule has 1 rings (SSSR count). The van der Waals surface area contributed by atoms with Crippen LogP contribution in [0.4, 0.5) is 0 Å². The van der Waals surface area contributed by atoms with Crippen molar-refractivity contribution in [2.75, 3.05) is 7.11 Å². The second-order valence-corrected chi connectivity index (χ2v) is 3.95. The summed E-state index contributed by atoms with van der Waals surface area (Å²) in [4.78, 5) is 10.3. The second kappa shape index (κ2) is 5.19. The minimum Gasteiger partial charge on any atom is -0.545 e. The first-order valence-corrected chi connectivity index (χ1v) is 5.13. The van der Waals surface area contributed by atoms with E-state index in [4.69, 9.17) is 16.3 Å². The van der Waals surface area contributed by atoms with Gasteiger partial charge in [-0.1, -0.05) is 11.6 Å². The Hall–Kier alpha value is -1.00. The summed E-state index contributed by atoms with van der Waals surface area (Å²) in [7, 11) is 1.49. The van der Waals surface area contributed by atoms with Crippen LogP contribution in [0.25, 0.3) is 6.08 Å². The van der Waals surface area contributed by atoms with Gasteiger partial charge in [0.15, 0.2) is 0 Å². The first kappa shape index (κ1) is 12.1. The molecule has 0 aliphatic carbocycles. The number of carboxylic acid groups (broad SMARTS) is 1. The Labute approximate surface area is 100 Å². The number of methoxy groups -OCH3 is 1. The van der Waals surface area contributed by atoms with Gasteiger partial charge in [-0.25, -0.2) is 0 Å².